The van der Waals surface area contributed by atoms with Crippen molar-refractivity contribution < 1.29 is 9.21 Å². The zero-order valence-electron chi connectivity index (χ0n) is 8.91. The maximum atomic E-state index is 12.4. The van der Waals surface area contributed by atoms with E-state index in [4.69, 9.17) is 16.0 Å². The molecule has 0 aliphatic heterocycles. The molecule has 0 bridgehead atoms. The van der Waals surface area contributed by atoms with Gasteiger partial charge in [-0.3, -0.25) is 4.79 Å². The summed E-state index contributed by atoms with van der Waals surface area (Å²) in [6.45, 7) is 0. The Morgan fingerprint density at radius 1 is 1.39 bits per heavy atom. The van der Waals surface area contributed by atoms with Crippen LogP contribution < -0.4 is 0 Å². The first-order chi connectivity index (χ1) is 8.68. The zero-order chi connectivity index (χ0) is 12.7. The lowest BCUT2D eigenvalue weighted by molar-refractivity contribution is 0.103. The Labute approximate surface area is 115 Å². The molecule has 0 aliphatic carbocycles. The third kappa shape index (κ3) is 1.67. The molecule has 0 saturated heterocycles. The lowest BCUT2D eigenvalue weighted by Gasteiger charge is -1.98. The number of hydrogen-bond acceptors (Lipinski definition) is 3. The van der Waals surface area contributed by atoms with E-state index in [1.807, 2.05) is 0 Å². The number of pyridine rings is 1. The highest BCUT2D eigenvalue weighted by atomic mass is 79.9. The van der Waals surface area contributed by atoms with Crippen LogP contribution in [0.2, 0.25) is 5.02 Å². The van der Waals surface area contributed by atoms with Gasteiger partial charge < -0.3 is 9.40 Å². The van der Waals surface area contributed by atoms with Crippen LogP contribution in [0.5, 0.6) is 0 Å². The molecule has 3 aromatic heterocycles. The van der Waals surface area contributed by atoms with Crippen LogP contribution in [0.25, 0.3) is 11.0 Å². The van der Waals surface area contributed by atoms with Crippen LogP contribution in [0, 0.1) is 0 Å². The van der Waals surface area contributed by atoms with Crippen molar-refractivity contribution in [3.8, 4) is 0 Å². The SMILES string of the molecule is O=C(c1ccoc1Br)c1c[nH]c2nccc(Cl)c12. The maximum absolute atomic E-state index is 12.4. The van der Waals surface area contributed by atoms with Crippen LogP contribution >= 0.6 is 27.5 Å². The molecule has 0 unspecified atom stereocenters. The number of nitrogens with one attached hydrogen (secondary N) is 1. The van der Waals surface area contributed by atoms with Gasteiger partial charge in [0.25, 0.3) is 0 Å². The number of nitrogens with zero attached hydrogens (tertiary/aromatic N) is 1. The molecule has 0 radical (unpaired) electrons. The summed E-state index contributed by atoms with van der Waals surface area (Å²) in [5.74, 6) is -0.170. The minimum absolute atomic E-state index is 0.170. The largest absolute Gasteiger partial charge is 0.457 e. The van der Waals surface area contributed by atoms with E-state index in [0.29, 0.717) is 31.9 Å². The van der Waals surface area contributed by atoms with Crippen molar-refractivity contribution in [2.45, 2.75) is 0 Å². The van der Waals surface area contributed by atoms with Gasteiger partial charge in [0.05, 0.1) is 22.4 Å². The summed E-state index contributed by atoms with van der Waals surface area (Å²) < 4.78 is 5.47. The summed E-state index contributed by atoms with van der Waals surface area (Å²) >= 11 is 9.29. The second kappa shape index (κ2) is 4.26. The number of rotatable bonds is 2. The van der Waals surface area contributed by atoms with Crippen molar-refractivity contribution in [3.05, 3.63) is 51.6 Å². The number of H-pyrrole nitrogens is 1. The van der Waals surface area contributed by atoms with E-state index in [0.717, 1.165) is 0 Å². The monoisotopic (exact) mass is 324 g/mol. The van der Waals surface area contributed by atoms with Gasteiger partial charge in [-0.1, -0.05) is 11.6 Å². The van der Waals surface area contributed by atoms with Crippen molar-refractivity contribution >= 4 is 44.3 Å². The van der Waals surface area contributed by atoms with Crippen LogP contribution in [0.1, 0.15) is 15.9 Å². The number of aromatic amines is 1. The van der Waals surface area contributed by atoms with Crippen LogP contribution in [0.3, 0.4) is 0 Å². The number of carbonyl (C=O) groups is 1. The molecule has 0 atom stereocenters. The first kappa shape index (κ1) is 11.5. The molecular weight excluding hydrogens is 320 g/mol. The van der Waals surface area contributed by atoms with Crippen molar-refractivity contribution in [3.63, 3.8) is 0 Å². The number of furan rings is 1. The van der Waals surface area contributed by atoms with Crippen LogP contribution in [0.4, 0.5) is 0 Å². The molecule has 90 valence electrons. The zero-order valence-corrected chi connectivity index (χ0v) is 11.2. The molecule has 18 heavy (non-hydrogen) atoms. The molecule has 0 spiro atoms. The van der Waals surface area contributed by atoms with Crippen molar-refractivity contribution in [1.82, 2.24) is 9.97 Å². The molecule has 0 fully saturated rings. The van der Waals surface area contributed by atoms with Gasteiger partial charge in [-0.25, -0.2) is 4.98 Å². The average Bonchev–Trinajstić information content (AvgIpc) is 2.95. The Morgan fingerprint density at radius 2 is 2.22 bits per heavy atom. The fourth-order valence-electron chi connectivity index (χ4n) is 1.80. The lowest BCUT2D eigenvalue weighted by Crippen LogP contribution is -1.99. The Morgan fingerprint density at radius 3 is 2.94 bits per heavy atom. The van der Waals surface area contributed by atoms with Crippen LogP contribution in [0.15, 0.2) is 39.9 Å². The summed E-state index contributed by atoms with van der Waals surface area (Å²) in [4.78, 5) is 19.4. The first-order valence-electron chi connectivity index (χ1n) is 5.08. The van der Waals surface area contributed by atoms with Crippen LogP contribution in [-0.4, -0.2) is 15.8 Å². The van der Waals surface area contributed by atoms with Gasteiger partial charge in [0.2, 0.25) is 0 Å². The highest BCUT2D eigenvalue weighted by Gasteiger charge is 2.20. The first-order valence-corrected chi connectivity index (χ1v) is 6.25. The molecule has 0 saturated carbocycles. The van der Waals surface area contributed by atoms with Crippen molar-refractivity contribution in [2.75, 3.05) is 0 Å². The fraction of sp³-hybridized carbons (Fsp3) is 0. The summed E-state index contributed by atoms with van der Waals surface area (Å²) in [5, 5.41) is 1.11. The molecular formula is C12H6BrClN2O2. The van der Waals surface area contributed by atoms with Gasteiger partial charge in [0.1, 0.15) is 5.65 Å². The molecule has 1 N–H and O–H groups in total. The number of carbonyl (C=O) groups excluding carboxylic acids is 1. The molecule has 6 heteroatoms. The second-order valence-electron chi connectivity index (χ2n) is 3.66. The minimum atomic E-state index is -0.170. The standard InChI is InChI=1S/C12H6BrClN2O2/c13-11-6(2-4-18-11)10(17)7-5-16-12-9(7)8(14)1-3-15-12/h1-5H,(H,15,16). The van der Waals surface area contributed by atoms with Gasteiger partial charge in [-0.05, 0) is 28.1 Å². The smallest absolute Gasteiger partial charge is 0.199 e. The quantitative estimate of drug-likeness (QED) is 0.729. The molecule has 0 amide bonds. The van der Waals surface area contributed by atoms with E-state index in [1.54, 1.807) is 24.5 Å². The van der Waals surface area contributed by atoms with Crippen molar-refractivity contribution in [2.24, 2.45) is 0 Å². The van der Waals surface area contributed by atoms with Crippen LogP contribution in [-0.2, 0) is 0 Å². The third-order valence-electron chi connectivity index (χ3n) is 2.63. The van der Waals surface area contributed by atoms with E-state index >= 15 is 0 Å². The normalized spacial score (nSPS) is 11.0. The lowest BCUT2D eigenvalue weighted by atomic mass is 10.1. The second-order valence-corrected chi connectivity index (χ2v) is 4.78. The Hall–Kier alpha value is -1.59. The Balaban J connectivity index is 2.22. The molecule has 0 aromatic carbocycles. The van der Waals surface area contributed by atoms with Gasteiger partial charge in [0, 0.05) is 17.8 Å². The van der Waals surface area contributed by atoms with Gasteiger partial charge in [-0.2, -0.15) is 0 Å². The Kier molecular flexibility index (Phi) is 2.72. The van der Waals surface area contributed by atoms with E-state index in [9.17, 15) is 4.79 Å². The molecule has 3 aromatic rings. The van der Waals surface area contributed by atoms with E-state index in [-0.39, 0.29) is 5.78 Å². The molecule has 3 heterocycles. The highest BCUT2D eigenvalue weighted by molar-refractivity contribution is 9.10. The van der Waals surface area contributed by atoms with Gasteiger partial charge >= 0.3 is 0 Å². The number of fused-ring (bicyclic) bond motifs is 1. The van der Waals surface area contributed by atoms with Gasteiger partial charge in [-0.15, -0.1) is 0 Å². The number of halogens is 2. The summed E-state index contributed by atoms with van der Waals surface area (Å²) in [6, 6.07) is 3.26. The van der Waals surface area contributed by atoms with E-state index in [1.165, 1.54) is 6.26 Å². The molecule has 0 aliphatic rings. The number of aromatic nitrogens is 2. The molecule has 4 nitrogen and oxygen atoms in total. The van der Waals surface area contributed by atoms with Crippen molar-refractivity contribution in [1.29, 1.82) is 0 Å². The maximum Gasteiger partial charge on any atom is 0.199 e. The topological polar surface area (TPSA) is 58.9 Å². The van der Waals surface area contributed by atoms with E-state index < -0.39 is 0 Å². The number of ketones is 1. The third-order valence-corrected chi connectivity index (χ3v) is 3.56. The average molecular weight is 326 g/mol. The highest BCUT2D eigenvalue weighted by Crippen LogP contribution is 2.29. The fourth-order valence-corrected chi connectivity index (χ4v) is 2.46. The Bertz CT molecular complexity index is 747. The predicted molar refractivity (Wildman–Crippen MR) is 70.9 cm³/mol. The summed E-state index contributed by atoms with van der Waals surface area (Å²) in [5.41, 5.74) is 1.52. The minimum Gasteiger partial charge on any atom is -0.457 e. The molecule has 3 rings (SSSR count). The van der Waals surface area contributed by atoms with Gasteiger partial charge in [0.15, 0.2) is 10.5 Å². The number of hydrogen-bond donors (Lipinski definition) is 1. The summed E-state index contributed by atoms with van der Waals surface area (Å²) in [7, 11) is 0. The predicted octanol–water partition coefficient (Wildman–Crippen LogP) is 3.80. The van der Waals surface area contributed by atoms with E-state index in [2.05, 4.69) is 25.9 Å². The summed E-state index contributed by atoms with van der Waals surface area (Å²) in [6.07, 6.45) is 4.64.